The summed E-state index contributed by atoms with van der Waals surface area (Å²) in [4.78, 5) is 0. The molecule has 0 amide bonds. The summed E-state index contributed by atoms with van der Waals surface area (Å²) in [5, 5.41) is 0. The van der Waals surface area contributed by atoms with Crippen LogP contribution in [0.25, 0.3) is 0 Å². The summed E-state index contributed by atoms with van der Waals surface area (Å²) < 4.78 is 10.4. The highest BCUT2D eigenvalue weighted by Gasteiger charge is 2.05. The third kappa shape index (κ3) is 5.23. The Morgan fingerprint density at radius 2 is 1.80 bits per heavy atom. The van der Waals surface area contributed by atoms with Crippen molar-refractivity contribution in [2.75, 3.05) is 13.2 Å². The lowest BCUT2D eigenvalue weighted by atomic mass is 10.7. The van der Waals surface area contributed by atoms with Crippen LogP contribution in [0.1, 0.15) is 13.8 Å². The van der Waals surface area contributed by atoms with E-state index in [2.05, 4.69) is 0 Å². The lowest BCUT2D eigenvalue weighted by Crippen LogP contribution is -2.17. The third-order valence-corrected chi connectivity index (χ3v) is 1.90. The predicted molar refractivity (Wildman–Crippen MR) is 43.5 cm³/mol. The van der Waals surface area contributed by atoms with Crippen LogP contribution in [0.2, 0.25) is 6.04 Å². The van der Waals surface area contributed by atoms with E-state index in [0.717, 1.165) is 6.04 Å². The second-order valence-electron chi connectivity index (χ2n) is 1.68. The van der Waals surface area contributed by atoms with E-state index in [-0.39, 0.29) is 6.29 Å². The molecule has 0 aliphatic carbocycles. The standard InChI is InChI=1S/C6H13ClO2Si/c1-3-8-6(5-10-7)9-4-2/h6H,3-5H2,1-2H3. The van der Waals surface area contributed by atoms with Crippen LogP contribution in [-0.4, -0.2) is 28.3 Å². The first-order valence-electron chi connectivity index (χ1n) is 3.41. The van der Waals surface area contributed by atoms with Crippen LogP contribution in [-0.2, 0) is 9.47 Å². The zero-order valence-electron chi connectivity index (χ0n) is 6.39. The van der Waals surface area contributed by atoms with Crippen LogP contribution in [0.3, 0.4) is 0 Å². The third-order valence-electron chi connectivity index (χ3n) is 0.949. The Labute approximate surface area is 69.4 Å². The first kappa shape index (κ1) is 10.4. The van der Waals surface area contributed by atoms with Crippen molar-refractivity contribution in [3.8, 4) is 0 Å². The van der Waals surface area contributed by atoms with E-state index in [9.17, 15) is 0 Å². The molecule has 60 valence electrons. The van der Waals surface area contributed by atoms with Crippen molar-refractivity contribution >= 4 is 19.9 Å². The molecule has 10 heavy (non-hydrogen) atoms. The average Bonchev–Trinajstić information content (AvgIpc) is 1.90. The molecule has 0 saturated heterocycles. The Morgan fingerprint density at radius 1 is 1.30 bits per heavy atom. The quantitative estimate of drug-likeness (QED) is 0.352. The van der Waals surface area contributed by atoms with Crippen LogP contribution >= 0.6 is 11.1 Å². The summed E-state index contributed by atoms with van der Waals surface area (Å²) in [6.45, 7) is 5.27. The first-order valence-corrected chi connectivity index (χ1v) is 5.63. The maximum Gasteiger partial charge on any atom is 0.177 e. The maximum absolute atomic E-state index is 5.54. The van der Waals surface area contributed by atoms with Crippen molar-refractivity contribution in [3.05, 3.63) is 0 Å². The molecule has 0 bridgehead atoms. The fourth-order valence-corrected chi connectivity index (χ4v) is 1.34. The molecule has 0 aliphatic heterocycles. The molecule has 2 radical (unpaired) electrons. The Hall–Kier alpha value is 0.427. The lowest BCUT2D eigenvalue weighted by Gasteiger charge is -2.14. The molecule has 2 nitrogen and oxygen atoms in total. The zero-order chi connectivity index (χ0) is 7.82. The highest BCUT2D eigenvalue weighted by molar-refractivity contribution is 6.93. The molecule has 0 N–H and O–H groups in total. The molecular weight excluding hydrogens is 168 g/mol. The van der Waals surface area contributed by atoms with Gasteiger partial charge in [0.2, 0.25) is 0 Å². The van der Waals surface area contributed by atoms with Gasteiger partial charge in [0.1, 0.15) is 0 Å². The molecule has 0 saturated carbocycles. The van der Waals surface area contributed by atoms with Gasteiger partial charge in [0.25, 0.3) is 0 Å². The molecule has 0 aromatic heterocycles. The number of hydrogen-bond acceptors (Lipinski definition) is 2. The van der Waals surface area contributed by atoms with Crippen LogP contribution in [0.4, 0.5) is 0 Å². The number of rotatable bonds is 6. The van der Waals surface area contributed by atoms with Gasteiger partial charge in [-0.1, -0.05) is 0 Å². The van der Waals surface area contributed by atoms with E-state index in [1.807, 2.05) is 13.8 Å². The summed E-state index contributed by atoms with van der Waals surface area (Å²) in [7, 11) is 0.380. The van der Waals surface area contributed by atoms with Crippen molar-refractivity contribution < 1.29 is 9.47 Å². The largest absolute Gasteiger partial charge is 0.353 e. The SMILES string of the molecule is CCOC(C[Si]Cl)OCC. The number of ether oxygens (including phenoxy) is 2. The Morgan fingerprint density at radius 3 is 2.10 bits per heavy atom. The highest BCUT2D eigenvalue weighted by Crippen LogP contribution is 2.01. The molecule has 0 aromatic rings. The molecule has 0 aromatic carbocycles. The molecule has 0 rings (SSSR count). The average molecular weight is 181 g/mol. The van der Waals surface area contributed by atoms with Crippen LogP contribution < -0.4 is 0 Å². The molecule has 0 aliphatic rings. The van der Waals surface area contributed by atoms with Gasteiger partial charge in [-0.3, -0.25) is 0 Å². The van der Waals surface area contributed by atoms with Crippen molar-refractivity contribution in [2.24, 2.45) is 0 Å². The molecule has 0 spiro atoms. The molecule has 0 atom stereocenters. The van der Waals surface area contributed by atoms with Gasteiger partial charge < -0.3 is 9.47 Å². The summed E-state index contributed by atoms with van der Waals surface area (Å²) in [6.07, 6.45) is -0.0918. The van der Waals surface area contributed by atoms with Crippen molar-refractivity contribution in [1.29, 1.82) is 0 Å². The minimum atomic E-state index is -0.0918. The molecule has 4 heteroatoms. The second kappa shape index (κ2) is 7.53. The van der Waals surface area contributed by atoms with Crippen LogP contribution in [0.15, 0.2) is 0 Å². The molecule has 0 heterocycles. The lowest BCUT2D eigenvalue weighted by molar-refractivity contribution is -0.122. The summed E-state index contributed by atoms with van der Waals surface area (Å²) >= 11 is 5.54. The molecular formula is C6H13ClO2Si. The first-order chi connectivity index (χ1) is 4.85. The monoisotopic (exact) mass is 180 g/mol. The summed E-state index contributed by atoms with van der Waals surface area (Å²) in [6, 6.07) is 0.795. The van der Waals surface area contributed by atoms with Crippen LogP contribution in [0.5, 0.6) is 0 Å². The van der Waals surface area contributed by atoms with E-state index < -0.39 is 0 Å². The van der Waals surface area contributed by atoms with Gasteiger partial charge in [-0.2, -0.15) is 11.1 Å². The Kier molecular flexibility index (Phi) is 7.85. The van der Waals surface area contributed by atoms with E-state index in [1.165, 1.54) is 0 Å². The predicted octanol–water partition coefficient (Wildman–Crippen LogP) is 1.66. The second-order valence-corrected chi connectivity index (χ2v) is 3.16. The van der Waals surface area contributed by atoms with Crippen molar-refractivity contribution in [2.45, 2.75) is 26.2 Å². The van der Waals surface area contributed by atoms with E-state index in [4.69, 9.17) is 20.6 Å². The van der Waals surface area contributed by atoms with E-state index >= 15 is 0 Å². The minimum absolute atomic E-state index is 0.0918. The van der Waals surface area contributed by atoms with Gasteiger partial charge in [0, 0.05) is 19.3 Å². The maximum atomic E-state index is 5.54. The van der Waals surface area contributed by atoms with Crippen molar-refractivity contribution in [1.82, 2.24) is 0 Å². The van der Waals surface area contributed by atoms with Gasteiger partial charge in [-0.25, -0.2) is 0 Å². The van der Waals surface area contributed by atoms with E-state index in [1.54, 1.807) is 0 Å². The smallest absolute Gasteiger partial charge is 0.177 e. The number of halogens is 1. The van der Waals surface area contributed by atoms with Gasteiger partial charge in [-0.15, -0.1) is 0 Å². The summed E-state index contributed by atoms with van der Waals surface area (Å²) in [5.74, 6) is 0. The molecule has 0 unspecified atom stereocenters. The highest BCUT2D eigenvalue weighted by atomic mass is 35.6. The van der Waals surface area contributed by atoms with Crippen LogP contribution in [0, 0.1) is 0 Å². The van der Waals surface area contributed by atoms with Crippen molar-refractivity contribution in [3.63, 3.8) is 0 Å². The normalized spacial score (nSPS) is 10.8. The van der Waals surface area contributed by atoms with Gasteiger partial charge in [0.15, 0.2) is 15.1 Å². The fraction of sp³-hybridized carbons (Fsp3) is 1.00. The topological polar surface area (TPSA) is 18.5 Å². The summed E-state index contributed by atoms with van der Waals surface area (Å²) in [5.41, 5.74) is 0. The van der Waals surface area contributed by atoms with Gasteiger partial charge in [-0.05, 0) is 13.8 Å². The Balaban J connectivity index is 3.30. The minimum Gasteiger partial charge on any atom is -0.353 e. The van der Waals surface area contributed by atoms with Gasteiger partial charge >= 0.3 is 0 Å². The van der Waals surface area contributed by atoms with E-state index in [0.29, 0.717) is 22.0 Å². The zero-order valence-corrected chi connectivity index (χ0v) is 8.15. The number of hydrogen-bond donors (Lipinski definition) is 0. The Bertz CT molecular complexity index is 58.5. The van der Waals surface area contributed by atoms with Gasteiger partial charge in [0.05, 0.1) is 0 Å². The molecule has 0 fully saturated rings. The fourth-order valence-electron chi connectivity index (χ4n) is 0.601.